The number of aromatic nitrogens is 2. The monoisotopic (exact) mass is 363 g/mol. The Balaban J connectivity index is 2.16. The number of hydrogen-bond donors (Lipinski definition) is 1. The number of hydrazone groups is 1. The molecular weight excluding hydrogens is 353 g/mol. The van der Waals surface area contributed by atoms with Crippen molar-refractivity contribution in [2.75, 3.05) is 7.11 Å². The molecule has 10 heteroatoms. The van der Waals surface area contributed by atoms with Crippen LogP contribution in [0.2, 0.25) is 5.28 Å². The summed E-state index contributed by atoms with van der Waals surface area (Å²) in [5.74, 6) is -1.18. The van der Waals surface area contributed by atoms with Gasteiger partial charge in [0.2, 0.25) is 11.1 Å². The molecule has 0 aliphatic heterocycles. The Morgan fingerprint density at radius 2 is 2.32 bits per heavy atom. The summed E-state index contributed by atoms with van der Waals surface area (Å²) in [7, 11) is 1.40. The highest BCUT2D eigenvalue weighted by atomic mass is 35.5. The van der Waals surface area contributed by atoms with Crippen LogP contribution in [0.25, 0.3) is 0 Å². The quantitative estimate of drug-likeness (QED) is 0.479. The van der Waals surface area contributed by atoms with E-state index in [4.69, 9.17) is 26.3 Å². The van der Waals surface area contributed by atoms with Gasteiger partial charge in [0.05, 0.1) is 25.6 Å². The third kappa shape index (κ3) is 5.12. The maximum Gasteiger partial charge on any atom is 0.260 e. The van der Waals surface area contributed by atoms with E-state index in [1.54, 1.807) is 18.2 Å². The van der Waals surface area contributed by atoms with Crippen LogP contribution in [0.4, 0.5) is 4.39 Å². The second kappa shape index (κ2) is 8.56. The van der Waals surface area contributed by atoms with Crippen LogP contribution in [0.1, 0.15) is 12.0 Å². The van der Waals surface area contributed by atoms with Crippen LogP contribution in [0.15, 0.2) is 29.5 Å². The van der Waals surface area contributed by atoms with Gasteiger partial charge in [-0.2, -0.15) is 19.7 Å². The third-order valence-corrected chi connectivity index (χ3v) is 2.90. The normalized spacial score (nSPS) is 10.3. The summed E-state index contributed by atoms with van der Waals surface area (Å²) >= 11 is 5.62. The number of hydrogen-bond acceptors (Lipinski definition) is 7. The number of nitrogens with one attached hydrogen (secondary N) is 1. The number of nitriles is 1. The SMILES string of the molecule is COc1cc(C=NNC(=O)CC#N)ccc1Oc1nc(Cl)ncc1F. The largest absolute Gasteiger partial charge is 0.493 e. The van der Waals surface area contributed by atoms with E-state index >= 15 is 0 Å². The van der Waals surface area contributed by atoms with Crippen molar-refractivity contribution in [3.8, 4) is 23.4 Å². The highest BCUT2D eigenvalue weighted by Gasteiger charge is 2.12. The Morgan fingerprint density at radius 1 is 1.52 bits per heavy atom. The van der Waals surface area contributed by atoms with Gasteiger partial charge in [0.25, 0.3) is 11.8 Å². The first kappa shape index (κ1) is 18.1. The molecule has 1 N–H and O–H groups in total. The van der Waals surface area contributed by atoms with Crippen LogP contribution in [0.5, 0.6) is 17.4 Å². The number of amides is 1. The molecule has 25 heavy (non-hydrogen) atoms. The molecule has 0 spiro atoms. The van der Waals surface area contributed by atoms with Crippen LogP contribution in [0, 0.1) is 17.1 Å². The number of carbonyl (C=O) groups is 1. The third-order valence-electron chi connectivity index (χ3n) is 2.72. The Morgan fingerprint density at radius 3 is 3.04 bits per heavy atom. The maximum atomic E-state index is 13.6. The molecule has 1 amide bonds. The van der Waals surface area contributed by atoms with E-state index in [-0.39, 0.29) is 29.1 Å². The molecule has 0 aliphatic rings. The summed E-state index contributed by atoms with van der Waals surface area (Å²) in [6.07, 6.45) is 1.95. The molecule has 128 valence electrons. The fraction of sp³-hybridized carbons (Fsp3) is 0.133. The number of rotatable bonds is 6. The Bertz CT molecular complexity index is 854. The first-order valence-electron chi connectivity index (χ1n) is 6.76. The molecule has 0 radical (unpaired) electrons. The van der Waals surface area contributed by atoms with E-state index in [0.29, 0.717) is 5.56 Å². The summed E-state index contributed by atoms with van der Waals surface area (Å²) in [6.45, 7) is 0. The number of ether oxygens (including phenoxy) is 2. The van der Waals surface area contributed by atoms with Crippen molar-refractivity contribution in [2.45, 2.75) is 6.42 Å². The van der Waals surface area contributed by atoms with Gasteiger partial charge >= 0.3 is 0 Å². The van der Waals surface area contributed by atoms with E-state index < -0.39 is 11.7 Å². The van der Waals surface area contributed by atoms with Gasteiger partial charge in [-0.05, 0) is 35.4 Å². The molecule has 1 aromatic heterocycles. The lowest BCUT2D eigenvalue weighted by Crippen LogP contribution is -2.16. The molecule has 0 fully saturated rings. The molecule has 2 rings (SSSR count). The minimum absolute atomic E-state index is 0.160. The minimum Gasteiger partial charge on any atom is -0.493 e. The maximum absolute atomic E-state index is 13.6. The lowest BCUT2D eigenvalue weighted by Gasteiger charge is -2.10. The predicted molar refractivity (Wildman–Crippen MR) is 86.0 cm³/mol. The highest BCUT2D eigenvalue weighted by Crippen LogP contribution is 2.32. The number of halogens is 2. The van der Waals surface area contributed by atoms with Gasteiger partial charge in [-0.1, -0.05) is 0 Å². The van der Waals surface area contributed by atoms with Crippen LogP contribution in [-0.2, 0) is 4.79 Å². The lowest BCUT2D eigenvalue weighted by molar-refractivity contribution is -0.120. The molecular formula is C15H11ClFN5O3. The first-order chi connectivity index (χ1) is 12.0. The van der Waals surface area contributed by atoms with Gasteiger partial charge in [-0.25, -0.2) is 10.4 Å². The Hall–Kier alpha value is -3.25. The number of carbonyl (C=O) groups excluding carboxylic acids is 1. The van der Waals surface area contributed by atoms with Crippen molar-refractivity contribution < 1.29 is 18.7 Å². The van der Waals surface area contributed by atoms with Crippen molar-refractivity contribution in [3.05, 3.63) is 41.1 Å². The van der Waals surface area contributed by atoms with Crippen molar-refractivity contribution in [1.29, 1.82) is 5.26 Å². The summed E-state index contributed by atoms with van der Waals surface area (Å²) in [4.78, 5) is 18.3. The zero-order chi connectivity index (χ0) is 18.2. The summed E-state index contributed by atoms with van der Waals surface area (Å²) in [5, 5.41) is 11.9. The molecule has 1 aromatic carbocycles. The molecule has 0 unspecified atom stereocenters. The molecule has 0 aliphatic carbocycles. The van der Waals surface area contributed by atoms with Crippen molar-refractivity contribution >= 4 is 23.7 Å². The van der Waals surface area contributed by atoms with Crippen LogP contribution < -0.4 is 14.9 Å². The molecule has 1 heterocycles. The first-order valence-corrected chi connectivity index (χ1v) is 7.14. The van der Waals surface area contributed by atoms with Crippen LogP contribution >= 0.6 is 11.6 Å². The average molecular weight is 364 g/mol. The molecule has 0 saturated carbocycles. The summed E-state index contributed by atoms with van der Waals surface area (Å²) in [5.41, 5.74) is 2.76. The fourth-order valence-corrected chi connectivity index (χ4v) is 1.77. The van der Waals surface area contributed by atoms with Crippen molar-refractivity contribution in [3.63, 3.8) is 0 Å². The second-order valence-electron chi connectivity index (χ2n) is 4.43. The zero-order valence-electron chi connectivity index (χ0n) is 12.9. The molecule has 2 aromatic rings. The average Bonchev–Trinajstić information content (AvgIpc) is 2.59. The summed E-state index contributed by atoms with van der Waals surface area (Å²) < 4.78 is 24.2. The van der Waals surface area contributed by atoms with E-state index in [0.717, 1.165) is 6.20 Å². The highest BCUT2D eigenvalue weighted by molar-refractivity contribution is 6.28. The van der Waals surface area contributed by atoms with Crippen LogP contribution in [0.3, 0.4) is 0 Å². The number of methoxy groups -OCH3 is 1. The van der Waals surface area contributed by atoms with Gasteiger partial charge < -0.3 is 9.47 Å². The minimum atomic E-state index is -0.780. The van der Waals surface area contributed by atoms with E-state index in [9.17, 15) is 9.18 Å². The molecule has 0 saturated heterocycles. The van der Waals surface area contributed by atoms with Crippen molar-refractivity contribution in [1.82, 2.24) is 15.4 Å². The van der Waals surface area contributed by atoms with E-state index in [2.05, 4.69) is 20.5 Å². The molecule has 0 atom stereocenters. The smallest absolute Gasteiger partial charge is 0.260 e. The lowest BCUT2D eigenvalue weighted by atomic mass is 10.2. The van der Waals surface area contributed by atoms with Gasteiger partial charge in [0, 0.05) is 0 Å². The predicted octanol–water partition coefficient (Wildman–Crippen LogP) is 2.43. The number of nitrogens with zero attached hydrogens (tertiary/aromatic N) is 4. The second-order valence-corrected chi connectivity index (χ2v) is 4.77. The van der Waals surface area contributed by atoms with Gasteiger partial charge in [-0.3, -0.25) is 4.79 Å². The standard InChI is InChI=1S/C15H11ClFN5O3/c1-24-12-6-9(7-20-22-13(23)4-5-18)2-3-11(12)25-14-10(17)8-19-15(16)21-14/h2-3,6-8H,4H2,1H3,(H,22,23). The Labute approximate surface area is 146 Å². The zero-order valence-corrected chi connectivity index (χ0v) is 13.6. The van der Waals surface area contributed by atoms with E-state index in [1.165, 1.54) is 19.4 Å². The number of benzene rings is 1. The summed E-state index contributed by atoms with van der Waals surface area (Å²) in [6, 6.07) is 6.35. The van der Waals surface area contributed by atoms with Gasteiger partial charge in [-0.15, -0.1) is 0 Å². The van der Waals surface area contributed by atoms with E-state index in [1.807, 2.05) is 0 Å². The fourth-order valence-electron chi connectivity index (χ4n) is 1.65. The van der Waals surface area contributed by atoms with Crippen LogP contribution in [-0.4, -0.2) is 29.2 Å². The van der Waals surface area contributed by atoms with Gasteiger partial charge in [0.15, 0.2) is 11.5 Å². The Kier molecular flexibility index (Phi) is 6.20. The topological polar surface area (TPSA) is 109 Å². The molecule has 0 bridgehead atoms. The van der Waals surface area contributed by atoms with Gasteiger partial charge in [0.1, 0.15) is 6.42 Å². The molecule has 8 nitrogen and oxygen atoms in total. The van der Waals surface area contributed by atoms with Crippen molar-refractivity contribution in [2.24, 2.45) is 5.10 Å².